The number of H-pyrrole nitrogens is 1. The van der Waals surface area contributed by atoms with Crippen molar-refractivity contribution in [2.75, 3.05) is 13.1 Å². The number of nitrogens with one attached hydrogen (secondary N) is 2. The molecule has 0 saturated carbocycles. The Bertz CT molecular complexity index is 707. The average Bonchev–Trinajstić information content (AvgIpc) is 3.12. The Morgan fingerprint density at radius 2 is 2.19 bits per heavy atom. The van der Waals surface area contributed by atoms with Crippen LogP contribution in [0.1, 0.15) is 12.1 Å². The van der Waals surface area contributed by atoms with Crippen molar-refractivity contribution in [2.45, 2.75) is 18.9 Å². The Morgan fingerprint density at radius 3 is 3.05 bits per heavy atom. The van der Waals surface area contributed by atoms with Crippen molar-refractivity contribution in [3.63, 3.8) is 0 Å². The van der Waals surface area contributed by atoms with Crippen LogP contribution in [0, 0.1) is 5.92 Å². The maximum absolute atomic E-state index is 12.4. The van der Waals surface area contributed by atoms with E-state index in [1.807, 2.05) is 29.2 Å². The zero-order valence-electron chi connectivity index (χ0n) is 11.5. The fraction of sp³-hybridized carbons (Fsp3) is 0.400. The van der Waals surface area contributed by atoms with E-state index in [0.29, 0.717) is 25.9 Å². The fourth-order valence-electron chi connectivity index (χ4n) is 3.36. The summed E-state index contributed by atoms with van der Waals surface area (Å²) < 4.78 is 0. The molecule has 0 aliphatic carbocycles. The zero-order chi connectivity index (χ0) is 14.4. The summed E-state index contributed by atoms with van der Waals surface area (Å²) in [4.78, 5) is 25.6. The number of fused-ring (bicyclic) bond motifs is 2. The Kier molecular flexibility index (Phi) is 2.70. The molecule has 108 valence electrons. The third-order valence-corrected chi connectivity index (χ3v) is 4.46. The number of hydrogen-bond donors (Lipinski definition) is 2. The molecule has 4 rings (SSSR count). The van der Waals surface area contributed by atoms with Gasteiger partial charge in [0, 0.05) is 30.8 Å². The third kappa shape index (κ3) is 2.07. The Labute approximate surface area is 121 Å². The van der Waals surface area contributed by atoms with Crippen molar-refractivity contribution in [1.82, 2.24) is 20.4 Å². The second kappa shape index (κ2) is 4.58. The van der Waals surface area contributed by atoms with Gasteiger partial charge in [0.25, 0.3) is 0 Å². The van der Waals surface area contributed by atoms with Gasteiger partial charge < -0.3 is 10.2 Å². The summed E-state index contributed by atoms with van der Waals surface area (Å²) in [5, 5.41) is 11.1. The summed E-state index contributed by atoms with van der Waals surface area (Å²) in [7, 11) is 0. The first-order valence-corrected chi connectivity index (χ1v) is 7.20. The predicted molar refractivity (Wildman–Crippen MR) is 76.4 cm³/mol. The molecular weight excluding hydrogens is 268 g/mol. The molecule has 2 amide bonds. The average molecular weight is 284 g/mol. The van der Waals surface area contributed by atoms with Crippen LogP contribution in [0.5, 0.6) is 0 Å². The number of para-hydroxylation sites is 1. The molecule has 0 spiro atoms. The van der Waals surface area contributed by atoms with E-state index in [4.69, 9.17) is 0 Å². The van der Waals surface area contributed by atoms with Crippen molar-refractivity contribution in [1.29, 1.82) is 0 Å². The van der Waals surface area contributed by atoms with E-state index in [0.717, 1.165) is 16.6 Å². The smallest absolute Gasteiger partial charge is 0.228 e. The molecule has 1 aromatic heterocycles. The first-order valence-electron chi connectivity index (χ1n) is 7.20. The quantitative estimate of drug-likeness (QED) is 0.840. The molecular formula is C15H16N4O2. The molecule has 2 atom stereocenters. The number of hydrogen-bond acceptors (Lipinski definition) is 3. The lowest BCUT2D eigenvalue weighted by molar-refractivity contribution is -0.130. The Hall–Kier alpha value is -2.37. The van der Waals surface area contributed by atoms with E-state index in [-0.39, 0.29) is 23.8 Å². The van der Waals surface area contributed by atoms with Crippen molar-refractivity contribution < 1.29 is 9.59 Å². The van der Waals surface area contributed by atoms with Crippen LogP contribution in [0.2, 0.25) is 0 Å². The summed E-state index contributed by atoms with van der Waals surface area (Å²) in [6, 6.07) is 7.91. The summed E-state index contributed by atoms with van der Waals surface area (Å²) in [5.41, 5.74) is 1.74. The minimum Gasteiger partial charge on any atom is -0.351 e. The van der Waals surface area contributed by atoms with Crippen LogP contribution in [0.25, 0.3) is 10.9 Å². The number of carbonyl (C=O) groups is 2. The number of nitrogens with zero attached hydrogens (tertiary/aromatic N) is 2. The third-order valence-electron chi connectivity index (χ3n) is 4.46. The molecule has 1 aromatic carbocycles. The Balaban J connectivity index is 1.48. The van der Waals surface area contributed by atoms with Crippen molar-refractivity contribution in [3.8, 4) is 0 Å². The van der Waals surface area contributed by atoms with E-state index in [2.05, 4.69) is 15.5 Å². The lowest BCUT2D eigenvalue weighted by Gasteiger charge is -2.16. The van der Waals surface area contributed by atoms with Gasteiger partial charge in [-0.15, -0.1) is 0 Å². The molecule has 0 radical (unpaired) electrons. The van der Waals surface area contributed by atoms with Crippen LogP contribution in [0.4, 0.5) is 0 Å². The lowest BCUT2D eigenvalue weighted by Crippen LogP contribution is -2.36. The fourth-order valence-corrected chi connectivity index (χ4v) is 3.36. The van der Waals surface area contributed by atoms with Gasteiger partial charge in [-0.05, 0) is 6.07 Å². The summed E-state index contributed by atoms with van der Waals surface area (Å²) in [5.74, 6) is 0.477. The predicted octanol–water partition coefficient (Wildman–Crippen LogP) is 0.452. The van der Waals surface area contributed by atoms with E-state index < -0.39 is 0 Å². The van der Waals surface area contributed by atoms with Crippen molar-refractivity contribution in [2.24, 2.45) is 5.92 Å². The maximum Gasteiger partial charge on any atom is 0.228 e. The molecule has 2 aliphatic rings. The molecule has 0 unspecified atom stereocenters. The summed E-state index contributed by atoms with van der Waals surface area (Å²) >= 11 is 0. The number of benzene rings is 1. The van der Waals surface area contributed by atoms with Gasteiger partial charge in [-0.3, -0.25) is 14.7 Å². The number of amides is 2. The van der Waals surface area contributed by atoms with Crippen LogP contribution < -0.4 is 5.32 Å². The van der Waals surface area contributed by atoms with Crippen molar-refractivity contribution >= 4 is 22.7 Å². The Morgan fingerprint density at radius 1 is 1.33 bits per heavy atom. The lowest BCUT2D eigenvalue weighted by atomic mass is 10.1. The molecule has 2 fully saturated rings. The van der Waals surface area contributed by atoms with Gasteiger partial charge in [-0.25, -0.2) is 0 Å². The molecule has 6 nitrogen and oxygen atoms in total. The highest BCUT2D eigenvalue weighted by Gasteiger charge is 2.41. The van der Waals surface area contributed by atoms with Gasteiger partial charge in [0.15, 0.2) is 0 Å². The second-order valence-electron chi connectivity index (χ2n) is 5.83. The van der Waals surface area contributed by atoms with E-state index in [1.165, 1.54) is 0 Å². The maximum atomic E-state index is 12.4. The van der Waals surface area contributed by atoms with Gasteiger partial charge in [0.05, 0.1) is 23.7 Å². The van der Waals surface area contributed by atoms with E-state index in [9.17, 15) is 9.59 Å². The highest BCUT2D eigenvalue weighted by Crippen LogP contribution is 2.26. The minimum atomic E-state index is 0.0908. The second-order valence-corrected chi connectivity index (χ2v) is 5.83. The van der Waals surface area contributed by atoms with Crippen LogP contribution in [0.3, 0.4) is 0 Å². The minimum absolute atomic E-state index is 0.0908. The van der Waals surface area contributed by atoms with Gasteiger partial charge in [-0.2, -0.15) is 5.10 Å². The topological polar surface area (TPSA) is 78.1 Å². The molecule has 6 heteroatoms. The summed E-state index contributed by atoms with van der Waals surface area (Å²) in [6.45, 7) is 1.30. The SMILES string of the molecule is O=C1C[C@H]2CN(C(=O)Cc3[nH]nc4ccccc34)C[C@H]2N1. The van der Waals surface area contributed by atoms with Crippen LogP contribution in [0.15, 0.2) is 24.3 Å². The highest BCUT2D eigenvalue weighted by molar-refractivity contribution is 5.88. The molecule has 21 heavy (non-hydrogen) atoms. The number of aromatic nitrogens is 2. The van der Waals surface area contributed by atoms with Crippen LogP contribution >= 0.6 is 0 Å². The van der Waals surface area contributed by atoms with Gasteiger partial charge in [0.1, 0.15) is 0 Å². The van der Waals surface area contributed by atoms with Gasteiger partial charge in [-0.1, -0.05) is 18.2 Å². The first kappa shape index (κ1) is 12.4. The molecule has 3 heterocycles. The van der Waals surface area contributed by atoms with Gasteiger partial charge in [0.2, 0.25) is 11.8 Å². The van der Waals surface area contributed by atoms with E-state index in [1.54, 1.807) is 0 Å². The number of carbonyl (C=O) groups excluding carboxylic acids is 2. The van der Waals surface area contributed by atoms with Gasteiger partial charge >= 0.3 is 0 Å². The normalized spacial score (nSPS) is 24.4. The highest BCUT2D eigenvalue weighted by atomic mass is 16.2. The molecule has 2 aliphatic heterocycles. The zero-order valence-corrected chi connectivity index (χ0v) is 11.5. The largest absolute Gasteiger partial charge is 0.351 e. The molecule has 0 bridgehead atoms. The molecule has 2 aromatic rings. The number of likely N-dealkylation sites (tertiary alicyclic amines) is 1. The van der Waals surface area contributed by atoms with Crippen LogP contribution in [-0.2, 0) is 16.0 Å². The van der Waals surface area contributed by atoms with E-state index >= 15 is 0 Å². The first-order chi connectivity index (χ1) is 10.2. The molecule has 2 saturated heterocycles. The van der Waals surface area contributed by atoms with Crippen LogP contribution in [-0.4, -0.2) is 46.0 Å². The number of aromatic amines is 1. The molecule has 2 N–H and O–H groups in total. The summed E-state index contributed by atoms with van der Waals surface area (Å²) in [6.07, 6.45) is 0.870. The monoisotopic (exact) mass is 284 g/mol. The van der Waals surface area contributed by atoms with Crippen molar-refractivity contribution in [3.05, 3.63) is 30.0 Å². The standard InChI is InChI=1S/C15H16N4O2/c20-14-5-9-7-19(8-13(9)16-14)15(21)6-12-10-3-1-2-4-11(10)17-18-12/h1-4,9,13H,5-8H2,(H,16,20)(H,17,18)/t9-,13+/m0/s1. The number of rotatable bonds is 2.